The molecule has 1 saturated heterocycles. The van der Waals surface area contributed by atoms with Gasteiger partial charge in [0.15, 0.2) is 0 Å². The summed E-state index contributed by atoms with van der Waals surface area (Å²) in [6.45, 7) is 3.28. The zero-order valence-corrected chi connectivity index (χ0v) is 11.0. The van der Waals surface area contributed by atoms with Crippen molar-refractivity contribution in [3.8, 4) is 0 Å². The van der Waals surface area contributed by atoms with Crippen LogP contribution in [0.1, 0.15) is 0 Å². The molecule has 0 radical (unpaired) electrons. The fourth-order valence-electron chi connectivity index (χ4n) is 1.65. The minimum absolute atomic E-state index is 0.0344. The number of aromatic nitrogens is 3. The average molecular weight is 274 g/mol. The number of hydrogen-bond acceptors (Lipinski definition) is 7. The standard InChI is InChI=1S/C10H16ClN5O2/c1-15(2-5-17)9-12-8(11)13-10(14-9)16-3-6-18-7-4-16/h17H,2-7H2,1H3. The van der Waals surface area contributed by atoms with Gasteiger partial charge in [-0.05, 0) is 11.6 Å². The van der Waals surface area contributed by atoms with Gasteiger partial charge >= 0.3 is 0 Å². The SMILES string of the molecule is CN(CCO)c1nc(Cl)nc(N2CCOCC2)n1. The van der Waals surface area contributed by atoms with Gasteiger partial charge in [-0.2, -0.15) is 15.0 Å². The Labute approximate surface area is 110 Å². The number of anilines is 2. The van der Waals surface area contributed by atoms with Crippen molar-refractivity contribution in [1.29, 1.82) is 0 Å². The third-order valence-corrected chi connectivity index (χ3v) is 2.82. The number of ether oxygens (including phenoxy) is 1. The first-order valence-electron chi connectivity index (χ1n) is 5.77. The van der Waals surface area contributed by atoms with Gasteiger partial charge in [0.25, 0.3) is 0 Å². The predicted octanol–water partition coefficient (Wildman–Crippen LogP) is -0.210. The van der Waals surface area contributed by atoms with Crippen LogP contribution in [-0.4, -0.2) is 66.6 Å². The minimum atomic E-state index is 0.0344. The van der Waals surface area contributed by atoms with E-state index < -0.39 is 0 Å². The lowest BCUT2D eigenvalue weighted by Gasteiger charge is -2.27. The molecule has 1 aliphatic rings. The number of aliphatic hydroxyl groups excluding tert-OH is 1. The normalized spacial score (nSPS) is 15.8. The first kappa shape index (κ1) is 13.3. The highest BCUT2D eigenvalue weighted by Gasteiger charge is 2.17. The van der Waals surface area contributed by atoms with Crippen LogP contribution in [0.3, 0.4) is 0 Å². The summed E-state index contributed by atoms with van der Waals surface area (Å²) >= 11 is 5.90. The van der Waals surface area contributed by atoms with Crippen molar-refractivity contribution >= 4 is 23.5 Å². The first-order chi connectivity index (χ1) is 8.70. The van der Waals surface area contributed by atoms with E-state index in [1.54, 1.807) is 11.9 Å². The van der Waals surface area contributed by atoms with Crippen LogP contribution in [0.2, 0.25) is 5.28 Å². The molecule has 100 valence electrons. The molecule has 18 heavy (non-hydrogen) atoms. The highest BCUT2D eigenvalue weighted by molar-refractivity contribution is 6.28. The summed E-state index contributed by atoms with van der Waals surface area (Å²) in [6.07, 6.45) is 0. The molecule has 0 unspecified atom stereocenters. The maximum atomic E-state index is 8.91. The van der Waals surface area contributed by atoms with E-state index in [0.717, 1.165) is 13.1 Å². The Bertz CT molecular complexity index is 400. The molecule has 7 nitrogen and oxygen atoms in total. The van der Waals surface area contributed by atoms with Crippen LogP contribution in [0, 0.1) is 0 Å². The largest absolute Gasteiger partial charge is 0.395 e. The Kier molecular flexibility index (Phi) is 4.51. The quantitative estimate of drug-likeness (QED) is 0.814. The summed E-state index contributed by atoms with van der Waals surface area (Å²) in [4.78, 5) is 16.3. The zero-order chi connectivity index (χ0) is 13.0. The number of rotatable bonds is 4. The van der Waals surface area contributed by atoms with Crippen molar-refractivity contribution in [3.63, 3.8) is 0 Å². The molecule has 2 heterocycles. The van der Waals surface area contributed by atoms with Crippen LogP contribution in [0.5, 0.6) is 0 Å². The minimum Gasteiger partial charge on any atom is -0.395 e. The van der Waals surface area contributed by atoms with Crippen molar-refractivity contribution in [3.05, 3.63) is 5.28 Å². The molecule has 0 atom stereocenters. The van der Waals surface area contributed by atoms with Gasteiger partial charge in [0.2, 0.25) is 17.2 Å². The third-order valence-electron chi connectivity index (χ3n) is 2.66. The van der Waals surface area contributed by atoms with Crippen LogP contribution < -0.4 is 9.80 Å². The van der Waals surface area contributed by atoms with E-state index in [9.17, 15) is 0 Å². The van der Waals surface area contributed by atoms with Gasteiger partial charge in [-0.25, -0.2) is 0 Å². The molecule has 1 N–H and O–H groups in total. The lowest BCUT2D eigenvalue weighted by molar-refractivity contribution is 0.122. The van der Waals surface area contributed by atoms with Gasteiger partial charge in [-0.3, -0.25) is 0 Å². The van der Waals surface area contributed by atoms with E-state index in [4.69, 9.17) is 21.4 Å². The van der Waals surface area contributed by atoms with Crippen molar-refractivity contribution in [2.24, 2.45) is 0 Å². The van der Waals surface area contributed by atoms with Gasteiger partial charge in [-0.15, -0.1) is 0 Å². The Hall–Kier alpha value is -1.18. The number of aliphatic hydroxyl groups is 1. The fourth-order valence-corrected chi connectivity index (χ4v) is 1.81. The molecular formula is C10H16ClN5O2. The van der Waals surface area contributed by atoms with Gasteiger partial charge in [-0.1, -0.05) is 0 Å². The van der Waals surface area contributed by atoms with E-state index >= 15 is 0 Å². The Morgan fingerprint density at radius 2 is 2.06 bits per heavy atom. The van der Waals surface area contributed by atoms with E-state index in [1.807, 2.05) is 4.90 Å². The number of likely N-dealkylation sites (N-methyl/N-ethyl adjacent to an activating group) is 1. The molecule has 2 rings (SSSR count). The molecule has 0 bridgehead atoms. The summed E-state index contributed by atoms with van der Waals surface area (Å²) in [6, 6.07) is 0. The zero-order valence-electron chi connectivity index (χ0n) is 10.2. The molecule has 0 spiro atoms. The first-order valence-corrected chi connectivity index (χ1v) is 6.15. The van der Waals surface area contributed by atoms with Crippen LogP contribution in [0.25, 0.3) is 0 Å². The van der Waals surface area contributed by atoms with Gasteiger partial charge < -0.3 is 19.6 Å². The van der Waals surface area contributed by atoms with Crippen LogP contribution in [0.4, 0.5) is 11.9 Å². The molecule has 8 heteroatoms. The summed E-state index contributed by atoms with van der Waals surface area (Å²) in [5.41, 5.74) is 0. The molecule has 1 aromatic rings. The fraction of sp³-hybridized carbons (Fsp3) is 0.700. The van der Waals surface area contributed by atoms with Gasteiger partial charge in [0.1, 0.15) is 0 Å². The Morgan fingerprint density at radius 3 is 2.72 bits per heavy atom. The van der Waals surface area contributed by atoms with E-state index in [-0.39, 0.29) is 11.9 Å². The predicted molar refractivity (Wildman–Crippen MR) is 68.2 cm³/mol. The number of hydrogen-bond donors (Lipinski definition) is 1. The molecule has 1 aliphatic heterocycles. The van der Waals surface area contributed by atoms with Gasteiger partial charge in [0.05, 0.1) is 19.8 Å². The summed E-state index contributed by atoms with van der Waals surface area (Å²) in [5.74, 6) is 1.02. The van der Waals surface area contributed by atoms with Crippen molar-refractivity contribution < 1.29 is 9.84 Å². The highest BCUT2D eigenvalue weighted by atomic mass is 35.5. The highest BCUT2D eigenvalue weighted by Crippen LogP contribution is 2.16. The van der Waals surface area contributed by atoms with E-state index in [1.165, 1.54) is 0 Å². The summed E-state index contributed by atoms with van der Waals surface area (Å²) < 4.78 is 5.28. The number of halogens is 1. The third kappa shape index (κ3) is 3.18. The van der Waals surface area contributed by atoms with Gasteiger partial charge in [0, 0.05) is 26.7 Å². The molecule has 0 amide bonds. The number of nitrogens with zero attached hydrogens (tertiary/aromatic N) is 5. The van der Waals surface area contributed by atoms with Crippen LogP contribution in [-0.2, 0) is 4.74 Å². The van der Waals surface area contributed by atoms with E-state index in [2.05, 4.69) is 15.0 Å². The van der Waals surface area contributed by atoms with E-state index in [0.29, 0.717) is 31.7 Å². The molecule has 1 fully saturated rings. The second-order valence-electron chi connectivity index (χ2n) is 3.95. The van der Waals surface area contributed by atoms with Crippen molar-refractivity contribution in [2.75, 3.05) is 56.3 Å². The number of morpholine rings is 1. The molecule has 0 aliphatic carbocycles. The maximum absolute atomic E-state index is 8.91. The lowest BCUT2D eigenvalue weighted by Crippen LogP contribution is -2.38. The molecular weight excluding hydrogens is 258 g/mol. The lowest BCUT2D eigenvalue weighted by atomic mass is 10.4. The topological polar surface area (TPSA) is 74.6 Å². The second kappa shape index (κ2) is 6.12. The molecule has 0 saturated carbocycles. The van der Waals surface area contributed by atoms with Crippen LogP contribution in [0.15, 0.2) is 0 Å². The average Bonchev–Trinajstić information content (AvgIpc) is 2.39. The Balaban J connectivity index is 2.19. The van der Waals surface area contributed by atoms with Crippen LogP contribution >= 0.6 is 11.6 Å². The monoisotopic (exact) mass is 273 g/mol. The summed E-state index contributed by atoms with van der Waals surface area (Å²) in [7, 11) is 1.80. The molecule has 0 aromatic carbocycles. The van der Waals surface area contributed by atoms with Crippen molar-refractivity contribution in [1.82, 2.24) is 15.0 Å². The maximum Gasteiger partial charge on any atom is 0.231 e. The smallest absolute Gasteiger partial charge is 0.231 e. The second-order valence-corrected chi connectivity index (χ2v) is 4.29. The Morgan fingerprint density at radius 1 is 1.33 bits per heavy atom. The molecule has 1 aromatic heterocycles. The van der Waals surface area contributed by atoms with Crippen molar-refractivity contribution in [2.45, 2.75) is 0 Å². The summed E-state index contributed by atoms with van der Waals surface area (Å²) in [5, 5.41) is 9.07.